The lowest BCUT2D eigenvalue weighted by molar-refractivity contribution is -0.150. The van der Waals surface area contributed by atoms with Gasteiger partial charge in [-0.05, 0) is 13.8 Å². The van der Waals surface area contributed by atoms with Crippen LogP contribution in [-0.2, 0) is 33.4 Å². The fourth-order valence-electron chi connectivity index (χ4n) is 1.22. The fraction of sp³-hybridized carbons (Fsp3) is 0.571. The number of rotatable bonds is 9. The molecule has 8 heteroatoms. The molecule has 0 bridgehead atoms. The zero-order chi connectivity index (χ0) is 17.2. The van der Waals surface area contributed by atoms with E-state index in [1.54, 1.807) is 0 Å². The Balaban J connectivity index is 4.41. The summed E-state index contributed by atoms with van der Waals surface area (Å²) in [4.78, 5) is 45.8. The average Bonchev–Trinajstić information content (AvgIpc) is 2.49. The first-order valence-corrected chi connectivity index (χ1v) is 6.49. The number of hydrogen-bond acceptors (Lipinski definition) is 7. The van der Waals surface area contributed by atoms with E-state index in [0.29, 0.717) is 0 Å². The summed E-state index contributed by atoms with van der Waals surface area (Å²) in [5.74, 6) is -3.01. The van der Waals surface area contributed by atoms with E-state index in [2.05, 4.69) is 10.1 Å². The molecule has 0 saturated heterocycles. The first-order valence-electron chi connectivity index (χ1n) is 6.49. The van der Waals surface area contributed by atoms with Crippen molar-refractivity contribution in [3.8, 4) is 0 Å². The van der Waals surface area contributed by atoms with Gasteiger partial charge < -0.3 is 19.5 Å². The van der Waals surface area contributed by atoms with Crippen LogP contribution in [0, 0.1) is 5.41 Å². The van der Waals surface area contributed by atoms with Gasteiger partial charge in [0.25, 0.3) is 5.91 Å². The van der Waals surface area contributed by atoms with Crippen molar-refractivity contribution in [2.45, 2.75) is 13.8 Å². The standard InChI is InChI=1S/C14H21NO7/c1-14(2,12(18)13(19)15-7-8-20-3)9-22-11(17)6-5-10(16)21-4/h5-6H,7-9H2,1-4H3,(H,15,19)/b6-5+. The van der Waals surface area contributed by atoms with Gasteiger partial charge in [-0.1, -0.05) is 0 Å². The van der Waals surface area contributed by atoms with Crippen molar-refractivity contribution < 1.29 is 33.4 Å². The second-order valence-corrected chi connectivity index (χ2v) is 4.93. The van der Waals surface area contributed by atoms with Gasteiger partial charge in [0, 0.05) is 25.8 Å². The Kier molecular flexibility index (Phi) is 8.69. The van der Waals surface area contributed by atoms with E-state index in [4.69, 9.17) is 9.47 Å². The molecule has 1 amide bonds. The summed E-state index contributed by atoms with van der Waals surface area (Å²) >= 11 is 0. The van der Waals surface area contributed by atoms with Crippen LogP contribution in [0.5, 0.6) is 0 Å². The molecule has 1 N–H and O–H groups in total. The molecule has 0 spiro atoms. The summed E-state index contributed by atoms with van der Waals surface area (Å²) in [6, 6.07) is 0. The highest BCUT2D eigenvalue weighted by atomic mass is 16.5. The molecule has 0 rings (SSSR count). The Labute approximate surface area is 128 Å². The zero-order valence-corrected chi connectivity index (χ0v) is 13.1. The number of carbonyl (C=O) groups excluding carboxylic acids is 4. The van der Waals surface area contributed by atoms with Gasteiger partial charge in [-0.2, -0.15) is 0 Å². The van der Waals surface area contributed by atoms with Crippen LogP contribution in [0.15, 0.2) is 12.2 Å². The summed E-state index contributed by atoms with van der Waals surface area (Å²) in [5.41, 5.74) is -1.19. The maximum absolute atomic E-state index is 11.9. The van der Waals surface area contributed by atoms with Crippen LogP contribution in [0.3, 0.4) is 0 Å². The molecule has 0 aliphatic carbocycles. The van der Waals surface area contributed by atoms with Gasteiger partial charge in [-0.3, -0.25) is 9.59 Å². The first-order chi connectivity index (χ1) is 10.2. The van der Waals surface area contributed by atoms with E-state index >= 15 is 0 Å². The Morgan fingerprint density at radius 2 is 1.64 bits per heavy atom. The van der Waals surface area contributed by atoms with Gasteiger partial charge in [0.1, 0.15) is 6.61 Å². The van der Waals surface area contributed by atoms with Crippen LogP contribution < -0.4 is 5.32 Å². The Morgan fingerprint density at radius 1 is 1.05 bits per heavy atom. The quantitative estimate of drug-likeness (QED) is 0.267. The van der Waals surface area contributed by atoms with Crippen LogP contribution in [0.4, 0.5) is 0 Å². The summed E-state index contributed by atoms with van der Waals surface area (Å²) in [5, 5.41) is 2.40. The number of hydrogen-bond donors (Lipinski definition) is 1. The number of ether oxygens (including phenoxy) is 3. The van der Waals surface area contributed by atoms with Crippen molar-refractivity contribution in [2.24, 2.45) is 5.41 Å². The molecule has 0 saturated carbocycles. The lowest BCUT2D eigenvalue weighted by Gasteiger charge is -2.21. The number of ketones is 1. The highest BCUT2D eigenvalue weighted by Crippen LogP contribution is 2.17. The van der Waals surface area contributed by atoms with E-state index in [1.165, 1.54) is 28.1 Å². The van der Waals surface area contributed by atoms with Gasteiger partial charge in [-0.25, -0.2) is 9.59 Å². The van der Waals surface area contributed by atoms with Crippen molar-refractivity contribution in [1.82, 2.24) is 5.32 Å². The van der Waals surface area contributed by atoms with Gasteiger partial charge in [0.15, 0.2) is 0 Å². The number of Topliss-reactive ketones (excluding diaryl/α,β-unsaturated/α-hetero) is 1. The summed E-state index contributed by atoms with van der Waals surface area (Å²) in [7, 11) is 2.64. The molecule has 0 aliphatic heterocycles. The van der Waals surface area contributed by atoms with Crippen molar-refractivity contribution in [2.75, 3.05) is 34.0 Å². The second-order valence-electron chi connectivity index (χ2n) is 4.93. The Morgan fingerprint density at radius 3 is 2.18 bits per heavy atom. The van der Waals surface area contributed by atoms with E-state index in [1.807, 2.05) is 0 Å². The third-order valence-corrected chi connectivity index (χ3v) is 2.54. The van der Waals surface area contributed by atoms with Crippen LogP contribution in [0.25, 0.3) is 0 Å². The topological polar surface area (TPSA) is 108 Å². The number of carbonyl (C=O) groups is 4. The summed E-state index contributed by atoms with van der Waals surface area (Å²) in [6.07, 6.45) is 1.78. The minimum Gasteiger partial charge on any atom is -0.466 e. The number of amides is 1. The van der Waals surface area contributed by atoms with Crippen LogP contribution in [0.2, 0.25) is 0 Å². The third-order valence-electron chi connectivity index (χ3n) is 2.54. The van der Waals surface area contributed by atoms with Crippen LogP contribution in [0.1, 0.15) is 13.8 Å². The predicted octanol–water partition coefficient (Wildman–Crippen LogP) is -0.383. The first kappa shape index (κ1) is 19.8. The molecule has 0 heterocycles. The molecule has 0 unspecified atom stereocenters. The molecule has 8 nitrogen and oxygen atoms in total. The monoisotopic (exact) mass is 315 g/mol. The summed E-state index contributed by atoms with van der Waals surface area (Å²) in [6.45, 7) is 3.14. The lowest BCUT2D eigenvalue weighted by atomic mass is 9.88. The molecule has 22 heavy (non-hydrogen) atoms. The fourth-order valence-corrected chi connectivity index (χ4v) is 1.22. The summed E-state index contributed by atoms with van der Waals surface area (Å²) < 4.78 is 13.9. The van der Waals surface area contributed by atoms with Crippen molar-refractivity contribution >= 4 is 23.6 Å². The average molecular weight is 315 g/mol. The number of methoxy groups -OCH3 is 2. The molecule has 0 radical (unpaired) electrons. The highest BCUT2D eigenvalue weighted by Gasteiger charge is 2.34. The smallest absolute Gasteiger partial charge is 0.331 e. The molecule has 0 aliphatic rings. The second kappa shape index (κ2) is 9.67. The Hall–Kier alpha value is -2.22. The van der Waals surface area contributed by atoms with Gasteiger partial charge in [0.05, 0.1) is 19.1 Å². The molecule has 0 aromatic carbocycles. The minimum absolute atomic E-state index is 0.207. The zero-order valence-electron chi connectivity index (χ0n) is 13.1. The molecule has 124 valence electrons. The maximum Gasteiger partial charge on any atom is 0.331 e. The van der Waals surface area contributed by atoms with E-state index in [9.17, 15) is 19.2 Å². The Bertz CT molecular complexity index is 454. The number of nitrogens with one attached hydrogen (secondary N) is 1. The SMILES string of the molecule is COCCNC(=O)C(=O)C(C)(C)COC(=O)/C=C/C(=O)OC. The molecular weight excluding hydrogens is 294 g/mol. The van der Waals surface area contributed by atoms with E-state index in [0.717, 1.165) is 12.2 Å². The van der Waals surface area contributed by atoms with Crippen molar-refractivity contribution in [1.29, 1.82) is 0 Å². The van der Waals surface area contributed by atoms with Crippen LogP contribution >= 0.6 is 0 Å². The molecular formula is C14H21NO7. The van der Waals surface area contributed by atoms with Gasteiger partial charge in [-0.15, -0.1) is 0 Å². The largest absolute Gasteiger partial charge is 0.466 e. The highest BCUT2D eigenvalue weighted by molar-refractivity contribution is 6.38. The van der Waals surface area contributed by atoms with Crippen molar-refractivity contribution in [3.63, 3.8) is 0 Å². The molecule has 0 atom stereocenters. The normalized spacial score (nSPS) is 11.1. The molecule has 0 aromatic rings. The number of esters is 2. The molecule has 0 fully saturated rings. The lowest BCUT2D eigenvalue weighted by Crippen LogP contribution is -2.43. The maximum atomic E-state index is 11.9. The van der Waals surface area contributed by atoms with Gasteiger partial charge >= 0.3 is 11.9 Å². The van der Waals surface area contributed by atoms with E-state index < -0.39 is 29.0 Å². The third kappa shape index (κ3) is 7.53. The van der Waals surface area contributed by atoms with Crippen LogP contribution in [-0.4, -0.2) is 57.6 Å². The van der Waals surface area contributed by atoms with Gasteiger partial charge in [0.2, 0.25) is 5.78 Å². The molecule has 0 aromatic heterocycles. The van der Waals surface area contributed by atoms with Crippen molar-refractivity contribution in [3.05, 3.63) is 12.2 Å². The van der Waals surface area contributed by atoms with E-state index in [-0.39, 0.29) is 19.8 Å². The minimum atomic E-state index is -1.19. The predicted molar refractivity (Wildman–Crippen MR) is 75.8 cm³/mol.